The van der Waals surface area contributed by atoms with Crippen molar-refractivity contribution in [3.63, 3.8) is 0 Å². The van der Waals surface area contributed by atoms with Gasteiger partial charge in [0.1, 0.15) is 5.75 Å². The Morgan fingerprint density at radius 1 is 1.08 bits per heavy atom. The van der Waals surface area contributed by atoms with Crippen LogP contribution in [0.2, 0.25) is 0 Å². The van der Waals surface area contributed by atoms with Gasteiger partial charge in [0, 0.05) is 6.54 Å². The van der Waals surface area contributed by atoms with Crippen molar-refractivity contribution in [1.29, 1.82) is 0 Å². The minimum Gasteiger partial charge on any atom is -0.490 e. The molecule has 0 aliphatic rings. The minimum absolute atomic E-state index is 0. The normalized spacial score (nSPS) is 11.2. The quantitative estimate of drug-likeness (QED) is 0.750. The van der Waals surface area contributed by atoms with Gasteiger partial charge in [-0.3, -0.25) is 4.79 Å². The van der Waals surface area contributed by atoms with Crippen LogP contribution in [0.25, 0.3) is 0 Å². The molecule has 5 nitrogen and oxygen atoms in total. The molecule has 1 amide bonds. The predicted octanol–water partition coefficient (Wildman–Crippen LogP) is 3.62. The molecule has 25 heavy (non-hydrogen) atoms. The molecule has 0 aliphatic heterocycles. The second-order valence-electron chi connectivity index (χ2n) is 5.53. The third kappa shape index (κ3) is 5.96. The zero-order valence-corrected chi connectivity index (χ0v) is 15.3. The Kier molecular flexibility index (Phi) is 8.81. The molecule has 0 saturated carbocycles. The third-order valence-corrected chi connectivity index (χ3v) is 3.51. The van der Waals surface area contributed by atoms with Gasteiger partial charge in [-0.25, -0.2) is 0 Å². The Balaban J connectivity index is 0.00000312. The van der Waals surface area contributed by atoms with Gasteiger partial charge >= 0.3 is 0 Å². The summed E-state index contributed by atoms with van der Waals surface area (Å²) in [6, 6.07) is 14.5. The first-order valence-electron chi connectivity index (χ1n) is 8.12. The van der Waals surface area contributed by atoms with Gasteiger partial charge in [0.25, 0.3) is 5.91 Å². The van der Waals surface area contributed by atoms with Crippen LogP contribution in [0, 0.1) is 5.92 Å². The van der Waals surface area contributed by atoms with E-state index in [9.17, 15) is 4.79 Å². The topological polar surface area (TPSA) is 73.6 Å². The fourth-order valence-electron chi connectivity index (χ4n) is 2.12. The number of carbonyl (C=O) groups is 1. The van der Waals surface area contributed by atoms with Crippen LogP contribution in [-0.4, -0.2) is 25.6 Å². The summed E-state index contributed by atoms with van der Waals surface area (Å²) in [5.41, 5.74) is 6.06. The summed E-state index contributed by atoms with van der Waals surface area (Å²) in [5, 5.41) is 2.89. The molecule has 136 valence electrons. The first-order valence-corrected chi connectivity index (χ1v) is 8.12. The SMILES string of the molecule is CCOc1ccccc1Oc1ccccc1C(=O)NCC(C)CN.Cl. The Bertz CT molecular complexity index is 679. The Hall–Kier alpha value is -2.24. The summed E-state index contributed by atoms with van der Waals surface area (Å²) >= 11 is 0. The number of para-hydroxylation sites is 3. The number of nitrogens with two attached hydrogens (primary N) is 1. The van der Waals surface area contributed by atoms with Crippen molar-refractivity contribution in [3.05, 3.63) is 54.1 Å². The number of nitrogens with one attached hydrogen (secondary N) is 1. The zero-order valence-electron chi connectivity index (χ0n) is 14.5. The Morgan fingerprint density at radius 3 is 2.32 bits per heavy atom. The lowest BCUT2D eigenvalue weighted by molar-refractivity contribution is 0.0946. The smallest absolute Gasteiger partial charge is 0.255 e. The molecule has 0 saturated heterocycles. The van der Waals surface area contributed by atoms with E-state index in [1.807, 2.05) is 50.2 Å². The van der Waals surface area contributed by atoms with E-state index in [1.54, 1.807) is 12.1 Å². The second kappa shape index (κ2) is 10.6. The van der Waals surface area contributed by atoms with Gasteiger partial charge < -0.3 is 20.5 Å². The van der Waals surface area contributed by atoms with Gasteiger partial charge in [-0.1, -0.05) is 31.2 Å². The summed E-state index contributed by atoms with van der Waals surface area (Å²) in [4.78, 5) is 12.4. The third-order valence-electron chi connectivity index (χ3n) is 3.51. The molecule has 6 heteroatoms. The van der Waals surface area contributed by atoms with Crippen molar-refractivity contribution < 1.29 is 14.3 Å². The number of hydrogen-bond acceptors (Lipinski definition) is 4. The van der Waals surface area contributed by atoms with Crippen LogP contribution in [0.15, 0.2) is 48.5 Å². The molecule has 2 aromatic carbocycles. The predicted molar refractivity (Wildman–Crippen MR) is 102 cm³/mol. The van der Waals surface area contributed by atoms with Gasteiger partial charge in [0.2, 0.25) is 0 Å². The second-order valence-corrected chi connectivity index (χ2v) is 5.53. The van der Waals surface area contributed by atoms with E-state index in [2.05, 4.69) is 5.32 Å². The van der Waals surface area contributed by atoms with Crippen LogP contribution in [0.5, 0.6) is 17.2 Å². The lowest BCUT2D eigenvalue weighted by Gasteiger charge is -2.15. The maximum absolute atomic E-state index is 12.4. The van der Waals surface area contributed by atoms with E-state index in [-0.39, 0.29) is 24.2 Å². The molecular formula is C19H25ClN2O3. The van der Waals surface area contributed by atoms with Crippen molar-refractivity contribution in [2.24, 2.45) is 11.7 Å². The Labute approximate surface area is 154 Å². The van der Waals surface area contributed by atoms with Crippen LogP contribution in [0.4, 0.5) is 0 Å². The van der Waals surface area contributed by atoms with E-state index in [0.717, 1.165) is 0 Å². The van der Waals surface area contributed by atoms with E-state index in [4.69, 9.17) is 15.2 Å². The first-order chi connectivity index (χ1) is 11.7. The van der Waals surface area contributed by atoms with Crippen LogP contribution < -0.4 is 20.5 Å². The number of rotatable bonds is 8. The zero-order chi connectivity index (χ0) is 17.4. The van der Waals surface area contributed by atoms with E-state index < -0.39 is 0 Å². The lowest BCUT2D eigenvalue weighted by Crippen LogP contribution is -2.31. The molecule has 0 fully saturated rings. The molecule has 0 aliphatic carbocycles. The summed E-state index contributed by atoms with van der Waals surface area (Å²) in [7, 11) is 0. The maximum Gasteiger partial charge on any atom is 0.255 e. The van der Waals surface area contributed by atoms with Crippen molar-refractivity contribution in [2.45, 2.75) is 13.8 Å². The molecule has 0 radical (unpaired) electrons. The molecule has 0 bridgehead atoms. The summed E-state index contributed by atoms with van der Waals surface area (Å²) in [6.45, 7) is 5.50. The molecule has 0 heterocycles. The van der Waals surface area contributed by atoms with Crippen molar-refractivity contribution in [2.75, 3.05) is 19.7 Å². The number of halogens is 1. The summed E-state index contributed by atoms with van der Waals surface area (Å²) < 4.78 is 11.5. The summed E-state index contributed by atoms with van der Waals surface area (Å²) in [6.07, 6.45) is 0. The molecule has 1 unspecified atom stereocenters. The highest BCUT2D eigenvalue weighted by atomic mass is 35.5. The number of amides is 1. The fourth-order valence-corrected chi connectivity index (χ4v) is 2.12. The van der Waals surface area contributed by atoms with E-state index >= 15 is 0 Å². The van der Waals surface area contributed by atoms with Gasteiger partial charge in [-0.15, -0.1) is 12.4 Å². The summed E-state index contributed by atoms with van der Waals surface area (Å²) in [5.74, 6) is 1.75. The van der Waals surface area contributed by atoms with Crippen LogP contribution >= 0.6 is 12.4 Å². The van der Waals surface area contributed by atoms with Crippen molar-refractivity contribution >= 4 is 18.3 Å². The monoisotopic (exact) mass is 364 g/mol. The molecule has 1 atom stereocenters. The Morgan fingerprint density at radius 2 is 1.68 bits per heavy atom. The highest BCUT2D eigenvalue weighted by Crippen LogP contribution is 2.32. The van der Waals surface area contributed by atoms with Crippen LogP contribution in [0.1, 0.15) is 24.2 Å². The van der Waals surface area contributed by atoms with Gasteiger partial charge in [0.15, 0.2) is 11.5 Å². The lowest BCUT2D eigenvalue weighted by atomic mass is 10.1. The molecule has 0 aromatic heterocycles. The van der Waals surface area contributed by atoms with Gasteiger partial charge in [-0.05, 0) is 43.7 Å². The average molecular weight is 365 g/mol. The highest BCUT2D eigenvalue weighted by Gasteiger charge is 2.15. The van der Waals surface area contributed by atoms with Gasteiger partial charge in [0.05, 0.1) is 12.2 Å². The van der Waals surface area contributed by atoms with Gasteiger partial charge in [-0.2, -0.15) is 0 Å². The highest BCUT2D eigenvalue weighted by molar-refractivity contribution is 5.97. The number of ether oxygens (including phenoxy) is 2. The maximum atomic E-state index is 12.4. The van der Waals surface area contributed by atoms with E-state index in [0.29, 0.717) is 42.5 Å². The molecule has 3 N–H and O–H groups in total. The standard InChI is InChI=1S/C19H24N2O3.ClH/c1-3-23-17-10-6-7-11-18(17)24-16-9-5-4-8-15(16)19(22)21-13-14(2)12-20;/h4-11,14H,3,12-13,20H2,1-2H3,(H,21,22);1H. The average Bonchev–Trinajstić information content (AvgIpc) is 2.61. The van der Waals surface area contributed by atoms with Crippen LogP contribution in [0.3, 0.4) is 0 Å². The number of hydrogen-bond donors (Lipinski definition) is 2. The van der Waals surface area contributed by atoms with Crippen molar-refractivity contribution in [1.82, 2.24) is 5.32 Å². The number of benzene rings is 2. The van der Waals surface area contributed by atoms with E-state index in [1.165, 1.54) is 0 Å². The molecule has 2 rings (SSSR count). The minimum atomic E-state index is -0.181. The first kappa shape index (κ1) is 20.8. The van der Waals surface area contributed by atoms with Crippen molar-refractivity contribution in [3.8, 4) is 17.2 Å². The van der Waals surface area contributed by atoms with Crippen LogP contribution in [-0.2, 0) is 0 Å². The number of carbonyl (C=O) groups excluding carboxylic acids is 1. The fraction of sp³-hybridized carbons (Fsp3) is 0.316. The molecule has 0 spiro atoms. The largest absolute Gasteiger partial charge is 0.490 e. The molecule has 2 aromatic rings. The molecular weight excluding hydrogens is 340 g/mol.